The quantitative estimate of drug-likeness (QED) is 0.472. The summed E-state index contributed by atoms with van der Waals surface area (Å²) in [6, 6.07) is 5.87. The minimum absolute atomic E-state index is 0.113. The van der Waals surface area contributed by atoms with Gasteiger partial charge in [0.15, 0.2) is 17.3 Å². The summed E-state index contributed by atoms with van der Waals surface area (Å²) in [6.45, 7) is 2.99. The average molecular weight is 422 g/mol. The van der Waals surface area contributed by atoms with E-state index in [1.165, 1.54) is 0 Å². The Morgan fingerprint density at radius 3 is 2.65 bits per heavy atom. The molecule has 31 heavy (non-hydrogen) atoms. The Balaban J connectivity index is 1.58. The van der Waals surface area contributed by atoms with Gasteiger partial charge in [-0.05, 0) is 50.0 Å². The predicted molar refractivity (Wildman–Crippen MR) is 114 cm³/mol. The number of nitrogens with one attached hydrogen (secondary N) is 3. The molecule has 0 saturated carbocycles. The number of nitrogens with zero attached hydrogens (tertiary/aromatic N) is 3. The topological polar surface area (TPSA) is 89.7 Å². The van der Waals surface area contributed by atoms with E-state index in [-0.39, 0.29) is 17.1 Å². The van der Waals surface area contributed by atoms with Crippen LogP contribution in [0.2, 0.25) is 0 Å². The van der Waals surface area contributed by atoms with Gasteiger partial charge in [-0.15, -0.1) is 0 Å². The van der Waals surface area contributed by atoms with Gasteiger partial charge in [-0.1, -0.05) is 0 Å². The van der Waals surface area contributed by atoms with Crippen molar-refractivity contribution in [3.05, 3.63) is 52.5 Å². The summed E-state index contributed by atoms with van der Waals surface area (Å²) in [5, 5.41) is 3.94. The number of hydrogen-bond donors (Lipinski definition) is 3. The molecule has 7 nitrogen and oxygen atoms in total. The third-order valence-electron chi connectivity index (χ3n) is 6.54. The molecular weight excluding hydrogens is 402 g/mol. The number of piperidine rings is 3. The first-order valence-electron chi connectivity index (χ1n) is 10.4. The molecule has 3 aliphatic rings. The second-order valence-electron chi connectivity index (χ2n) is 8.36. The Labute approximate surface area is 175 Å². The lowest BCUT2D eigenvalue weighted by atomic mass is 9.83. The zero-order chi connectivity index (χ0) is 21.1. The fourth-order valence-electron chi connectivity index (χ4n) is 4.94. The molecule has 3 N–H and O–H groups in total. The lowest BCUT2D eigenvalue weighted by molar-refractivity contribution is 0.0976. The second kappa shape index (κ2) is 6.84. The van der Waals surface area contributed by atoms with Gasteiger partial charge in [0, 0.05) is 30.2 Å². The summed E-state index contributed by atoms with van der Waals surface area (Å²) in [7, 11) is 0. The van der Waals surface area contributed by atoms with Crippen LogP contribution < -0.4 is 10.9 Å². The van der Waals surface area contributed by atoms with Crippen molar-refractivity contribution >= 4 is 27.8 Å². The number of H-pyrrole nitrogens is 2. The maximum atomic E-state index is 14.2. The van der Waals surface area contributed by atoms with Crippen LogP contribution in [0.25, 0.3) is 33.5 Å². The van der Waals surface area contributed by atoms with Gasteiger partial charge >= 0.3 is 0 Å². The molecule has 2 bridgehead atoms. The highest BCUT2D eigenvalue weighted by molar-refractivity contribution is 5.99. The number of hydrogen-bond acceptors (Lipinski definition) is 5. The summed E-state index contributed by atoms with van der Waals surface area (Å²) >= 11 is 0. The monoisotopic (exact) mass is 422 g/mol. The van der Waals surface area contributed by atoms with E-state index in [0.29, 0.717) is 34.0 Å². The van der Waals surface area contributed by atoms with Crippen molar-refractivity contribution in [3.8, 4) is 11.4 Å². The van der Waals surface area contributed by atoms with Gasteiger partial charge in [-0.3, -0.25) is 4.79 Å². The van der Waals surface area contributed by atoms with E-state index in [2.05, 4.69) is 30.2 Å². The van der Waals surface area contributed by atoms with Crippen LogP contribution >= 0.6 is 0 Å². The maximum absolute atomic E-state index is 14.2. The van der Waals surface area contributed by atoms with Crippen LogP contribution in [0.15, 0.2) is 35.3 Å². The molecule has 4 aromatic rings. The van der Waals surface area contributed by atoms with Crippen LogP contribution in [0, 0.1) is 17.6 Å². The molecule has 1 aromatic carbocycles. The third kappa shape index (κ3) is 2.99. The first-order chi connectivity index (χ1) is 15.1. The molecular formula is C22H20F2N6O. The summed E-state index contributed by atoms with van der Waals surface area (Å²) in [5.41, 5.74) is 1.72. The minimum atomic E-state index is -1.00. The average Bonchev–Trinajstić information content (AvgIpc) is 3.20. The number of rotatable bonds is 3. The Kier molecular flexibility index (Phi) is 4.07. The third-order valence-corrected chi connectivity index (χ3v) is 6.54. The van der Waals surface area contributed by atoms with Crippen molar-refractivity contribution in [1.82, 2.24) is 24.8 Å². The Hall–Kier alpha value is -3.33. The van der Waals surface area contributed by atoms with Crippen LogP contribution in [-0.4, -0.2) is 50.5 Å². The molecule has 3 saturated heterocycles. The lowest BCUT2D eigenvalue weighted by Crippen LogP contribution is -2.53. The van der Waals surface area contributed by atoms with Gasteiger partial charge in [-0.2, -0.15) is 0 Å². The number of benzene rings is 1. The SMILES string of the molecule is O=c1[nH]c2cc(F)c(F)cc2c(N[C@H]2CN3CCC2CC3)c1-c1nc2ncccc2[nH]1. The standard InChI is InChI=1S/C22H20F2N6O/c23-13-8-12-16(9-14(13)24)28-22(31)18(21-27-15-2-1-5-25-20(15)29-21)19(12)26-17-10-30-6-3-11(17)4-7-30/h1-2,5,8-9,11,17H,3-4,6-7,10H2,(H,25,27,29)(H2,26,28,31)/t17-/m0/s1. The maximum Gasteiger partial charge on any atom is 0.261 e. The van der Waals surface area contributed by atoms with Gasteiger partial charge in [0.05, 0.1) is 16.7 Å². The summed E-state index contributed by atoms with van der Waals surface area (Å²) in [4.78, 5) is 30.1. The number of fused-ring (bicyclic) bond motifs is 5. The molecule has 0 unspecified atom stereocenters. The normalized spacial score (nSPS) is 23.0. The number of halogens is 2. The molecule has 3 fully saturated rings. The van der Waals surface area contributed by atoms with Crippen LogP contribution in [0.3, 0.4) is 0 Å². The van der Waals surface area contributed by atoms with E-state index in [1.807, 2.05) is 6.07 Å². The molecule has 3 aliphatic heterocycles. The van der Waals surface area contributed by atoms with Crippen molar-refractivity contribution in [2.45, 2.75) is 18.9 Å². The second-order valence-corrected chi connectivity index (χ2v) is 8.36. The van der Waals surface area contributed by atoms with Crippen molar-refractivity contribution < 1.29 is 8.78 Å². The van der Waals surface area contributed by atoms with Crippen molar-refractivity contribution in [1.29, 1.82) is 0 Å². The molecule has 7 rings (SSSR count). The molecule has 0 radical (unpaired) electrons. The zero-order valence-electron chi connectivity index (χ0n) is 16.6. The molecule has 0 aliphatic carbocycles. The largest absolute Gasteiger partial charge is 0.379 e. The van der Waals surface area contributed by atoms with Crippen LogP contribution in [0.1, 0.15) is 12.8 Å². The van der Waals surface area contributed by atoms with E-state index in [1.54, 1.807) is 12.3 Å². The first kappa shape index (κ1) is 18.4. The molecule has 158 valence electrons. The van der Waals surface area contributed by atoms with E-state index in [4.69, 9.17) is 0 Å². The predicted octanol–water partition coefficient (Wildman–Crippen LogP) is 3.25. The van der Waals surface area contributed by atoms with E-state index >= 15 is 0 Å². The number of imidazole rings is 1. The molecule has 6 heterocycles. The van der Waals surface area contributed by atoms with Gasteiger partial charge in [0.25, 0.3) is 5.56 Å². The van der Waals surface area contributed by atoms with Crippen LogP contribution in [0.4, 0.5) is 14.5 Å². The summed E-state index contributed by atoms with van der Waals surface area (Å²) in [6.07, 6.45) is 3.78. The summed E-state index contributed by atoms with van der Waals surface area (Å²) in [5.74, 6) is -1.16. The molecule has 3 aromatic heterocycles. The fourth-order valence-corrected chi connectivity index (χ4v) is 4.94. The van der Waals surface area contributed by atoms with E-state index in [9.17, 15) is 13.6 Å². The van der Waals surface area contributed by atoms with Gasteiger partial charge in [0.1, 0.15) is 11.4 Å². The van der Waals surface area contributed by atoms with Crippen molar-refractivity contribution in [2.75, 3.05) is 25.0 Å². The summed E-state index contributed by atoms with van der Waals surface area (Å²) < 4.78 is 28.1. The van der Waals surface area contributed by atoms with Crippen LogP contribution in [-0.2, 0) is 0 Å². The molecule has 0 amide bonds. The Morgan fingerprint density at radius 2 is 1.90 bits per heavy atom. The van der Waals surface area contributed by atoms with E-state index in [0.717, 1.165) is 44.6 Å². The number of pyridine rings is 2. The van der Waals surface area contributed by atoms with E-state index < -0.39 is 17.2 Å². The minimum Gasteiger partial charge on any atom is -0.379 e. The first-order valence-corrected chi connectivity index (χ1v) is 10.4. The smallest absolute Gasteiger partial charge is 0.261 e. The fraction of sp³-hybridized carbons (Fsp3) is 0.318. The Bertz CT molecular complexity index is 1340. The van der Waals surface area contributed by atoms with Gasteiger partial charge in [0.2, 0.25) is 0 Å². The zero-order valence-corrected chi connectivity index (χ0v) is 16.6. The number of aromatic amines is 2. The molecule has 1 atom stereocenters. The van der Waals surface area contributed by atoms with Crippen molar-refractivity contribution in [3.63, 3.8) is 0 Å². The van der Waals surface area contributed by atoms with Gasteiger partial charge in [-0.25, -0.2) is 18.7 Å². The molecule has 9 heteroatoms. The van der Waals surface area contributed by atoms with Gasteiger partial charge < -0.3 is 20.2 Å². The highest BCUT2D eigenvalue weighted by atomic mass is 19.2. The van der Waals surface area contributed by atoms with Crippen molar-refractivity contribution in [2.24, 2.45) is 5.92 Å². The highest BCUT2D eigenvalue weighted by Gasteiger charge is 2.35. The lowest BCUT2D eigenvalue weighted by Gasteiger charge is -2.45. The number of anilines is 1. The number of aromatic nitrogens is 4. The molecule has 0 spiro atoms. The highest BCUT2D eigenvalue weighted by Crippen LogP contribution is 2.36. The van der Waals surface area contributed by atoms with Crippen LogP contribution in [0.5, 0.6) is 0 Å². The Morgan fingerprint density at radius 1 is 1.10 bits per heavy atom.